The molecule has 9 heteroatoms. The Morgan fingerprint density at radius 3 is 2.19 bits per heavy atom. The van der Waals surface area contributed by atoms with Crippen LogP contribution in [0.2, 0.25) is 0 Å². The Morgan fingerprint density at radius 1 is 1.11 bits per heavy atom. The Labute approximate surface area is 164 Å². The van der Waals surface area contributed by atoms with Crippen LogP contribution in [0, 0.1) is 5.92 Å². The number of likely N-dealkylation sites (tertiary alicyclic amines) is 1. The molecule has 0 bridgehead atoms. The van der Waals surface area contributed by atoms with Gasteiger partial charge in [0.05, 0.1) is 19.1 Å². The summed E-state index contributed by atoms with van der Waals surface area (Å²) in [5.74, 6) is -1.08. The third kappa shape index (κ3) is 6.33. The molecule has 0 aliphatic carbocycles. The van der Waals surface area contributed by atoms with E-state index >= 15 is 0 Å². The topological polar surface area (TPSA) is 122 Å². The number of nitrogens with two attached hydrogens (primary N) is 1. The van der Waals surface area contributed by atoms with E-state index in [0.717, 1.165) is 5.56 Å². The highest BCUT2D eigenvalue weighted by Crippen LogP contribution is 2.17. The average molecular weight is 397 g/mol. The average Bonchev–Trinajstić information content (AvgIpc) is 2.92. The molecule has 1 aromatic carbocycles. The van der Waals surface area contributed by atoms with E-state index in [9.17, 15) is 19.2 Å². The molecule has 1 saturated heterocycles. The Morgan fingerprint density at radius 2 is 1.67 bits per heavy atom. The first-order chi connectivity index (χ1) is 12.3. The first-order valence-corrected chi connectivity index (χ1v) is 8.53. The standard InChI is InChI=1S/C18H24N4O4.ClH/c1-11(2)17(19)18(26)20-9-14(23)21-13-5-3-12(4-6-13)10-22-15(24)7-8-16(22)25;/h3-6,11,17H,7-10,19H2,1-2H3,(H,20,26)(H,21,23);1H/t17-;/m0./s1. The summed E-state index contributed by atoms with van der Waals surface area (Å²) >= 11 is 0. The van der Waals surface area contributed by atoms with Crippen molar-refractivity contribution >= 4 is 41.7 Å². The molecule has 1 heterocycles. The highest BCUT2D eigenvalue weighted by Gasteiger charge is 2.28. The van der Waals surface area contributed by atoms with E-state index in [4.69, 9.17) is 5.73 Å². The van der Waals surface area contributed by atoms with Gasteiger partial charge in [-0.25, -0.2) is 0 Å². The van der Waals surface area contributed by atoms with E-state index in [-0.39, 0.29) is 67.9 Å². The predicted molar refractivity (Wildman–Crippen MR) is 103 cm³/mol. The maximum Gasteiger partial charge on any atom is 0.243 e. The number of nitrogens with zero attached hydrogens (tertiary/aromatic N) is 1. The number of halogens is 1. The van der Waals surface area contributed by atoms with Crippen molar-refractivity contribution in [1.82, 2.24) is 10.2 Å². The molecule has 2 rings (SSSR count). The molecule has 1 fully saturated rings. The summed E-state index contributed by atoms with van der Waals surface area (Å²) in [7, 11) is 0. The lowest BCUT2D eigenvalue weighted by molar-refractivity contribution is -0.139. The molecule has 1 atom stereocenters. The lowest BCUT2D eigenvalue weighted by Crippen LogP contribution is -2.46. The van der Waals surface area contributed by atoms with Gasteiger partial charge in [-0.3, -0.25) is 24.1 Å². The monoisotopic (exact) mass is 396 g/mol. The number of hydrogen-bond donors (Lipinski definition) is 3. The van der Waals surface area contributed by atoms with Crippen LogP contribution in [-0.2, 0) is 25.7 Å². The van der Waals surface area contributed by atoms with Crippen LogP contribution >= 0.6 is 12.4 Å². The van der Waals surface area contributed by atoms with Gasteiger partial charge in [-0.05, 0) is 23.6 Å². The third-order valence-corrected chi connectivity index (χ3v) is 4.18. The zero-order valence-electron chi connectivity index (χ0n) is 15.4. The molecule has 0 saturated carbocycles. The van der Waals surface area contributed by atoms with Gasteiger partial charge in [0.25, 0.3) is 0 Å². The second kappa shape index (κ2) is 10.0. The summed E-state index contributed by atoms with van der Waals surface area (Å²) in [6, 6.07) is 6.18. The van der Waals surface area contributed by atoms with Crippen molar-refractivity contribution in [2.45, 2.75) is 39.3 Å². The van der Waals surface area contributed by atoms with Gasteiger partial charge < -0.3 is 16.4 Å². The zero-order valence-corrected chi connectivity index (χ0v) is 16.2. The number of anilines is 1. The molecule has 1 aliphatic rings. The fourth-order valence-electron chi connectivity index (χ4n) is 2.47. The number of nitrogens with one attached hydrogen (secondary N) is 2. The Balaban J connectivity index is 0.00000364. The highest BCUT2D eigenvalue weighted by molar-refractivity contribution is 6.01. The van der Waals surface area contributed by atoms with Gasteiger partial charge in [-0.2, -0.15) is 0 Å². The van der Waals surface area contributed by atoms with Crippen molar-refractivity contribution < 1.29 is 19.2 Å². The van der Waals surface area contributed by atoms with Crippen LogP contribution in [-0.4, -0.2) is 41.1 Å². The van der Waals surface area contributed by atoms with E-state index < -0.39 is 6.04 Å². The van der Waals surface area contributed by atoms with Crippen LogP contribution in [0.15, 0.2) is 24.3 Å². The Bertz CT molecular complexity index is 690. The van der Waals surface area contributed by atoms with Crippen molar-refractivity contribution in [3.63, 3.8) is 0 Å². The van der Waals surface area contributed by atoms with Gasteiger partial charge >= 0.3 is 0 Å². The minimum absolute atomic E-state index is 0. The van der Waals surface area contributed by atoms with Crippen molar-refractivity contribution in [1.29, 1.82) is 0 Å². The number of carbonyl (C=O) groups is 4. The van der Waals surface area contributed by atoms with E-state index in [1.807, 2.05) is 13.8 Å². The number of hydrogen-bond acceptors (Lipinski definition) is 5. The van der Waals surface area contributed by atoms with Crippen molar-refractivity contribution in [2.75, 3.05) is 11.9 Å². The smallest absolute Gasteiger partial charge is 0.243 e. The molecule has 0 spiro atoms. The molecule has 4 N–H and O–H groups in total. The first kappa shape index (κ1) is 22.6. The molecular formula is C18H25ClN4O4. The second-order valence-corrected chi connectivity index (χ2v) is 6.61. The van der Waals surface area contributed by atoms with E-state index in [1.165, 1.54) is 4.90 Å². The van der Waals surface area contributed by atoms with Gasteiger partial charge in [0.2, 0.25) is 23.6 Å². The molecule has 4 amide bonds. The fraction of sp³-hybridized carbons (Fsp3) is 0.444. The van der Waals surface area contributed by atoms with Gasteiger partial charge in [0.1, 0.15) is 0 Å². The lowest BCUT2D eigenvalue weighted by Gasteiger charge is -2.15. The number of benzene rings is 1. The molecule has 8 nitrogen and oxygen atoms in total. The Hall–Kier alpha value is -2.45. The largest absolute Gasteiger partial charge is 0.346 e. The lowest BCUT2D eigenvalue weighted by atomic mass is 10.1. The maximum atomic E-state index is 11.9. The zero-order chi connectivity index (χ0) is 19.3. The van der Waals surface area contributed by atoms with Crippen LogP contribution in [0.3, 0.4) is 0 Å². The van der Waals surface area contributed by atoms with Gasteiger partial charge in [0.15, 0.2) is 0 Å². The highest BCUT2D eigenvalue weighted by atomic mass is 35.5. The molecular weight excluding hydrogens is 372 g/mol. The van der Waals surface area contributed by atoms with Crippen LogP contribution in [0.5, 0.6) is 0 Å². The fourth-order valence-corrected chi connectivity index (χ4v) is 2.47. The summed E-state index contributed by atoms with van der Waals surface area (Å²) in [5, 5.41) is 5.16. The van der Waals surface area contributed by atoms with Crippen molar-refractivity contribution in [2.24, 2.45) is 11.7 Å². The minimum atomic E-state index is -0.655. The van der Waals surface area contributed by atoms with Crippen LogP contribution in [0.4, 0.5) is 5.69 Å². The normalized spacial score (nSPS) is 14.7. The van der Waals surface area contributed by atoms with Gasteiger partial charge in [0, 0.05) is 18.5 Å². The molecule has 0 unspecified atom stereocenters. The van der Waals surface area contributed by atoms with E-state index in [0.29, 0.717) is 5.69 Å². The molecule has 1 aliphatic heterocycles. The second-order valence-electron chi connectivity index (χ2n) is 6.61. The summed E-state index contributed by atoms with van der Waals surface area (Å²) in [4.78, 5) is 48.1. The maximum absolute atomic E-state index is 11.9. The predicted octanol–water partition coefficient (Wildman–Crippen LogP) is 0.795. The van der Waals surface area contributed by atoms with E-state index in [2.05, 4.69) is 10.6 Å². The summed E-state index contributed by atoms with van der Waals surface area (Å²) in [6.45, 7) is 3.72. The van der Waals surface area contributed by atoms with E-state index in [1.54, 1.807) is 24.3 Å². The van der Waals surface area contributed by atoms with Crippen LogP contribution < -0.4 is 16.4 Å². The number of amides is 4. The molecule has 27 heavy (non-hydrogen) atoms. The summed E-state index contributed by atoms with van der Waals surface area (Å²) in [6.07, 6.45) is 0.526. The summed E-state index contributed by atoms with van der Waals surface area (Å²) < 4.78 is 0. The Kier molecular flexibility index (Phi) is 8.39. The molecule has 1 aromatic rings. The SMILES string of the molecule is CC(C)[C@H](N)C(=O)NCC(=O)Nc1ccc(CN2C(=O)CCC2=O)cc1.Cl. The first-order valence-electron chi connectivity index (χ1n) is 8.53. The molecule has 0 aromatic heterocycles. The van der Waals surface area contributed by atoms with Crippen molar-refractivity contribution in [3.05, 3.63) is 29.8 Å². The van der Waals surface area contributed by atoms with Gasteiger partial charge in [-0.1, -0.05) is 26.0 Å². The minimum Gasteiger partial charge on any atom is -0.346 e. The number of imide groups is 1. The number of carbonyl (C=O) groups excluding carboxylic acids is 4. The van der Waals surface area contributed by atoms with Crippen LogP contribution in [0.1, 0.15) is 32.3 Å². The molecule has 0 radical (unpaired) electrons. The van der Waals surface area contributed by atoms with Crippen molar-refractivity contribution in [3.8, 4) is 0 Å². The summed E-state index contributed by atoms with van der Waals surface area (Å²) in [5.41, 5.74) is 7.06. The van der Waals surface area contributed by atoms with Gasteiger partial charge in [-0.15, -0.1) is 12.4 Å². The quantitative estimate of drug-likeness (QED) is 0.588. The number of rotatable bonds is 7. The van der Waals surface area contributed by atoms with Crippen LogP contribution in [0.25, 0.3) is 0 Å². The third-order valence-electron chi connectivity index (χ3n) is 4.18. The molecule has 148 valence electrons.